The first-order chi connectivity index (χ1) is 7.14. The van der Waals surface area contributed by atoms with E-state index in [9.17, 15) is 0 Å². The fourth-order valence-electron chi connectivity index (χ4n) is 2.04. The average Bonchev–Trinajstić information content (AvgIpc) is 2.30. The molecule has 4 heteroatoms. The minimum atomic E-state index is -1.80. The molecular formula is C11H24O3Si. The second-order valence-corrected chi connectivity index (χ2v) is 7.66. The van der Waals surface area contributed by atoms with Crippen molar-refractivity contribution in [1.82, 2.24) is 0 Å². The first-order valence-electron chi connectivity index (χ1n) is 5.64. The predicted octanol–water partition coefficient (Wildman–Crippen LogP) is 2.89. The van der Waals surface area contributed by atoms with Crippen molar-refractivity contribution in [3.63, 3.8) is 0 Å². The van der Waals surface area contributed by atoms with Crippen LogP contribution in [-0.4, -0.2) is 29.1 Å². The number of carbonyl (C=O) groups is 1. The van der Waals surface area contributed by atoms with Crippen molar-refractivity contribution >= 4 is 14.8 Å². The lowest BCUT2D eigenvalue weighted by Gasteiger charge is -2.34. The van der Waals surface area contributed by atoms with Crippen molar-refractivity contribution in [3.05, 3.63) is 0 Å². The molecule has 0 N–H and O–H groups in total. The van der Waals surface area contributed by atoms with E-state index in [-0.39, 0.29) is 0 Å². The first-order valence-corrected chi connectivity index (χ1v) is 8.04. The zero-order valence-electron chi connectivity index (χ0n) is 10.4. The Labute approximate surface area is 94.4 Å². The van der Waals surface area contributed by atoms with Gasteiger partial charge in [-0.1, -0.05) is 19.3 Å². The molecule has 1 aliphatic rings. The van der Waals surface area contributed by atoms with E-state index in [0.29, 0.717) is 0 Å². The normalized spacial score (nSPS) is 17.9. The third-order valence-electron chi connectivity index (χ3n) is 3.16. The van der Waals surface area contributed by atoms with Gasteiger partial charge in [-0.15, -0.1) is 0 Å². The summed E-state index contributed by atoms with van der Waals surface area (Å²) in [6.45, 7) is 3.63. The fraction of sp³-hybridized carbons (Fsp3) is 0.909. The molecule has 0 aromatic heterocycles. The van der Waals surface area contributed by atoms with Gasteiger partial charge in [-0.05, 0) is 26.3 Å². The van der Waals surface area contributed by atoms with Crippen LogP contribution in [0.5, 0.6) is 0 Å². The van der Waals surface area contributed by atoms with Crippen molar-refractivity contribution in [3.8, 4) is 0 Å². The van der Waals surface area contributed by atoms with Crippen LogP contribution in [-0.2, 0) is 13.6 Å². The molecule has 0 spiro atoms. The topological polar surface area (TPSA) is 35.5 Å². The predicted molar refractivity (Wildman–Crippen MR) is 64.2 cm³/mol. The standard InChI is InChI=1S/C9H20O2Si.C2H4O/c1-10-12(3,11-2)9-7-5-4-6-8-9;1-2-3/h9H,4-8H2,1-3H3;2H,1H3. The molecule has 0 aromatic rings. The van der Waals surface area contributed by atoms with Crippen LogP contribution in [0, 0.1) is 0 Å². The maximum atomic E-state index is 8.81. The number of hydrogen-bond acceptors (Lipinski definition) is 3. The Balaban J connectivity index is 0.000000583. The minimum Gasteiger partial charge on any atom is -0.398 e. The molecular weight excluding hydrogens is 208 g/mol. The molecule has 0 amide bonds. The molecule has 1 saturated carbocycles. The van der Waals surface area contributed by atoms with Gasteiger partial charge in [-0.2, -0.15) is 0 Å². The summed E-state index contributed by atoms with van der Waals surface area (Å²) in [6.07, 6.45) is 7.49. The van der Waals surface area contributed by atoms with Crippen molar-refractivity contribution in [2.75, 3.05) is 14.2 Å². The second kappa shape index (κ2) is 8.02. The summed E-state index contributed by atoms with van der Waals surface area (Å²) in [7, 11) is 1.80. The molecule has 0 aliphatic heterocycles. The van der Waals surface area contributed by atoms with Gasteiger partial charge in [0.2, 0.25) is 0 Å². The van der Waals surface area contributed by atoms with Gasteiger partial charge in [0.15, 0.2) is 0 Å². The third-order valence-corrected chi connectivity index (χ3v) is 6.84. The van der Waals surface area contributed by atoms with E-state index < -0.39 is 8.56 Å². The molecule has 1 aliphatic carbocycles. The summed E-state index contributed by atoms with van der Waals surface area (Å²) in [5.41, 5.74) is 0.723. The van der Waals surface area contributed by atoms with Crippen molar-refractivity contribution in [2.45, 2.75) is 51.1 Å². The van der Waals surface area contributed by atoms with Gasteiger partial charge in [0, 0.05) is 19.8 Å². The van der Waals surface area contributed by atoms with Gasteiger partial charge >= 0.3 is 8.56 Å². The van der Waals surface area contributed by atoms with Crippen molar-refractivity contribution in [2.24, 2.45) is 0 Å². The Morgan fingerprint density at radius 3 is 1.87 bits per heavy atom. The molecule has 0 heterocycles. The molecule has 0 bridgehead atoms. The van der Waals surface area contributed by atoms with E-state index in [4.69, 9.17) is 13.6 Å². The van der Waals surface area contributed by atoms with Gasteiger partial charge in [0.05, 0.1) is 0 Å². The molecule has 0 aromatic carbocycles. The van der Waals surface area contributed by atoms with E-state index in [1.165, 1.54) is 39.0 Å². The molecule has 1 rings (SSSR count). The highest BCUT2D eigenvalue weighted by Crippen LogP contribution is 2.37. The zero-order chi connectivity index (χ0) is 11.7. The van der Waals surface area contributed by atoms with Crippen LogP contribution < -0.4 is 0 Å². The maximum absolute atomic E-state index is 8.81. The summed E-state index contributed by atoms with van der Waals surface area (Å²) < 4.78 is 11.1. The van der Waals surface area contributed by atoms with Crippen LogP contribution in [0.3, 0.4) is 0 Å². The highest BCUT2D eigenvalue weighted by Gasteiger charge is 2.39. The van der Waals surface area contributed by atoms with Gasteiger partial charge < -0.3 is 13.6 Å². The van der Waals surface area contributed by atoms with E-state index in [2.05, 4.69) is 6.55 Å². The number of rotatable bonds is 3. The van der Waals surface area contributed by atoms with Crippen molar-refractivity contribution < 1.29 is 13.6 Å². The van der Waals surface area contributed by atoms with Crippen LogP contribution >= 0.6 is 0 Å². The van der Waals surface area contributed by atoms with Crippen LogP contribution in [0.1, 0.15) is 39.0 Å². The number of hydrogen-bond donors (Lipinski definition) is 0. The lowest BCUT2D eigenvalue weighted by molar-refractivity contribution is -0.106. The molecule has 0 saturated heterocycles. The van der Waals surface area contributed by atoms with E-state index in [1.807, 2.05) is 0 Å². The van der Waals surface area contributed by atoms with Crippen molar-refractivity contribution in [1.29, 1.82) is 0 Å². The monoisotopic (exact) mass is 232 g/mol. The Hall–Kier alpha value is -0.193. The Morgan fingerprint density at radius 2 is 1.53 bits per heavy atom. The number of carbonyl (C=O) groups excluding carboxylic acids is 1. The summed E-state index contributed by atoms with van der Waals surface area (Å²) in [4.78, 5) is 8.81. The number of aldehydes is 1. The molecule has 0 unspecified atom stereocenters. The van der Waals surface area contributed by atoms with Crippen LogP contribution in [0.15, 0.2) is 0 Å². The van der Waals surface area contributed by atoms with Gasteiger partial charge in [-0.25, -0.2) is 0 Å². The van der Waals surface area contributed by atoms with Gasteiger partial charge in [0.1, 0.15) is 6.29 Å². The molecule has 15 heavy (non-hydrogen) atoms. The summed E-state index contributed by atoms with van der Waals surface area (Å²) in [6, 6.07) is 0. The average molecular weight is 232 g/mol. The summed E-state index contributed by atoms with van der Waals surface area (Å²) in [5.74, 6) is 0. The second-order valence-electron chi connectivity index (χ2n) is 3.99. The maximum Gasteiger partial charge on any atom is 0.337 e. The van der Waals surface area contributed by atoms with Crippen LogP contribution in [0.2, 0.25) is 12.1 Å². The largest absolute Gasteiger partial charge is 0.398 e. The Morgan fingerprint density at radius 1 is 1.13 bits per heavy atom. The minimum absolute atomic E-state index is 0.723. The van der Waals surface area contributed by atoms with Gasteiger partial charge in [-0.3, -0.25) is 0 Å². The SMILES string of the molecule is CC=O.CO[Si](C)(OC)C1CCCCC1. The summed E-state index contributed by atoms with van der Waals surface area (Å²) in [5, 5.41) is 0. The smallest absolute Gasteiger partial charge is 0.337 e. The summed E-state index contributed by atoms with van der Waals surface area (Å²) >= 11 is 0. The van der Waals surface area contributed by atoms with E-state index in [1.54, 1.807) is 14.2 Å². The van der Waals surface area contributed by atoms with E-state index >= 15 is 0 Å². The molecule has 3 nitrogen and oxygen atoms in total. The molecule has 90 valence electrons. The Bertz CT molecular complexity index is 163. The fourth-order valence-corrected chi connectivity index (χ4v) is 4.33. The van der Waals surface area contributed by atoms with E-state index in [0.717, 1.165) is 11.8 Å². The Kier molecular flexibility index (Phi) is 7.91. The lowest BCUT2D eigenvalue weighted by Crippen LogP contribution is -2.42. The first kappa shape index (κ1) is 14.8. The van der Waals surface area contributed by atoms with Crippen LogP contribution in [0.25, 0.3) is 0 Å². The molecule has 0 atom stereocenters. The lowest BCUT2D eigenvalue weighted by atomic mass is 10.0. The van der Waals surface area contributed by atoms with Gasteiger partial charge in [0.25, 0.3) is 0 Å². The molecule has 0 radical (unpaired) electrons. The molecule has 1 fully saturated rings. The third kappa shape index (κ3) is 4.91. The highest BCUT2D eigenvalue weighted by molar-refractivity contribution is 6.67. The zero-order valence-corrected chi connectivity index (χ0v) is 11.4. The highest BCUT2D eigenvalue weighted by atomic mass is 28.4. The quantitative estimate of drug-likeness (QED) is 0.554. The van der Waals surface area contributed by atoms with Crippen LogP contribution in [0.4, 0.5) is 0 Å².